The number of hydrogen-bond acceptors (Lipinski definition) is 4. The molecule has 0 aromatic heterocycles. The Morgan fingerprint density at radius 1 is 1.08 bits per heavy atom. The summed E-state index contributed by atoms with van der Waals surface area (Å²) in [5.74, 6) is -0.419. The van der Waals surface area contributed by atoms with Crippen LogP contribution in [0.3, 0.4) is 0 Å². The van der Waals surface area contributed by atoms with Crippen LogP contribution in [0.4, 0.5) is 4.48 Å². The SMILES string of the molecule is CC1(CO)CN(C(=O)CCCCCCCCC(=O)NF)CC1(C)COI. The maximum absolute atomic E-state index is 12.5. The van der Waals surface area contributed by atoms with Gasteiger partial charge in [0.05, 0.1) is 13.2 Å². The second-order valence-corrected chi connectivity index (χ2v) is 8.54. The Labute approximate surface area is 169 Å². The molecule has 0 aromatic carbocycles. The van der Waals surface area contributed by atoms with E-state index in [4.69, 9.17) is 3.07 Å². The van der Waals surface area contributed by atoms with Crippen molar-refractivity contribution in [2.75, 3.05) is 26.3 Å². The molecular formula is C18H32FIN2O4. The molecule has 0 saturated carbocycles. The van der Waals surface area contributed by atoms with E-state index in [0.29, 0.717) is 32.5 Å². The number of carbonyl (C=O) groups excluding carboxylic acids is 2. The Balaban J connectivity index is 2.25. The molecule has 1 aliphatic rings. The predicted molar refractivity (Wildman–Crippen MR) is 106 cm³/mol. The maximum Gasteiger partial charge on any atom is 0.247 e. The summed E-state index contributed by atoms with van der Waals surface area (Å²) in [6.07, 6.45) is 6.16. The van der Waals surface area contributed by atoms with Crippen LogP contribution in [0.25, 0.3) is 0 Å². The second-order valence-electron chi connectivity index (χ2n) is 7.92. The standard InChI is InChI=1S/C18H32FIN2O4/c1-17(13-23)11-22(12-18(17,2)14-26-20)16(25)10-8-6-4-3-5-7-9-15(24)21-19/h23H,3-14H2,1-2H3,(H,21,24). The van der Waals surface area contributed by atoms with E-state index in [-0.39, 0.29) is 29.8 Å². The van der Waals surface area contributed by atoms with Gasteiger partial charge in [0.2, 0.25) is 11.8 Å². The number of aliphatic hydroxyl groups is 1. The van der Waals surface area contributed by atoms with Gasteiger partial charge < -0.3 is 13.1 Å². The van der Waals surface area contributed by atoms with Gasteiger partial charge >= 0.3 is 0 Å². The third-order valence-corrected chi connectivity index (χ3v) is 6.07. The molecule has 8 heteroatoms. The van der Waals surface area contributed by atoms with E-state index in [9.17, 15) is 19.2 Å². The molecule has 1 saturated heterocycles. The quantitative estimate of drug-likeness (QED) is 0.252. The number of aliphatic hydroxyl groups excluding tert-OH is 1. The molecule has 2 N–H and O–H groups in total. The molecule has 0 bridgehead atoms. The molecule has 2 amide bonds. The summed E-state index contributed by atoms with van der Waals surface area (Å²) >= 11 is 1.87. The number of likely N-dealkylation sites (tertiary alicyclic amines) is 1. The lowest BCUT2D eigenvalue weighted by Crippen LogP contribution is -2.42. The van der Waals surface area contributed by atoms with Crippen molar-refractivity contribution >= 4 is 34.8 Å². The minimum atomic E-state index is -0.559. The predicted octanol–water partition coefficient (Wildman–Crippen LogP) is 3.32. The Morgan fingerprint density at radius 2 is 1.62 bits per heavy atom. The third kappa shape index (κ3) is 6.60. The van der Waals surface area contributed by atoms with Crippen LogP contribution in [0, 0.1) is 10.8 Å². The van der Waals surface area contributed by atoms with Crippen molar-refractivity contribution in [3.05, 3.63) is 0 Å². The van der Waals surface area contributed by atoms with Crippen LogP contribution in [-0.2, 0) is 12.7 Å². The summed E-state index contributed by atoms with van der Waals surface area (Å²) in [7, 11) is 0. The van der Waals surface area contributed by atoms with Crippen molar-refractivity contribution in [2.24, 2.45) is 10.8 Å². The molecule has 1 aliphatic heterocycles. The van der Waals surface area contributed by atoms with Crippen LogP contribution in [0.5, 0.6) is 0 Å². The minimum absolute atomic E-state index is 0.0354. The number of amides is 2. The first-order valence-corrected chi connectivity index (χ1v) is 10.2. The first kappa shape index (κ1) is 23.6. The van der Waals surface area contributed by atoms with E-state index in [0.717, 1.165) is 37.6 Å². The summed E-state index contributed by atoms with van der Waals surface area (Å²) in [5.41, 5.74) is 0.541. The fraction of sp³-hybridized carbons (Fsp3) is 0.889. The lowest BCUT2D eigenvalue weighted by atomic mass is 9.69. The zero-order chi connectivity index (χ0) is 19.6. The fourth-order valence-electron chi connectivity index (χ4n) is 3.51. The van der Waals surface area contributed by atoms with Crippen LogP contribution in [-0.4, -0.2) is 48.1 Å². The molecule has 1 heterocycles. The van der Waals surface area contributed by atoms with E-state index < -0.39 is 5.91 Å². The van der Waals surface area contributed by atoms with Crippen LogP contribution in [0.2, 0.25) is 0 Å². The molecule has 0 aromatic rings. The molecule has 2 unspecified atom stereocenters. The van der Waals surface area contributed by atoms with Gasteiger partial charge in [-0.2, -0.15) is 5.54 Å². The summed E-state index contributed by atoms with van der Waals surface area (Å²) in [4.78, 5) is 25.1. The van der Waals surface area contributed by atoms with Crippen LogP contribution >= 0.6 is 23.0 Å². The normalized spacial score (nSPS) is 25.5. The Kier molecular flexibility index (Phi) is 10.3. The van der Waals surface area contributed by atoms with Gasteiger partial charge in [0.25, 0.3) is 0 Å². The van der Waals surface area contributed by atoms with E-state index in [1.807, 2.05) is 34.8 Å². The van der Waals surface area contributed by atoms with Crippen molar-refractivity contribution in [3.63, 3.8) is 0 Å². The van der Waals surface area contributed by atoms with Crippen molar-refractivity contribution in [1.82, 2.24) is 10.4 Å². The largest absolute Gasteiger partial charge is 0.396 e. The van der Waals surface area contributed by atoms with Gasteiger partial charge in [0, 0.05) is 36.8 Å². The summed E-state index contributed by atoms with van der Waals surface area (Å²) in [5, 5.41) is 9.81. The first-order chi connectivity index (χ1) is 12.3. The molecule has 0 spiro atoms. The highest BCUT2D eigenvalue weighted by molar-refractivity contribution is 14.1. The second kappa shape index (κ2) is 11.4. The lowest BCUT2D eigenvalue weighted by molar-refractivity contribution is -0.131. The molecule has 0 radical (unpaired) electrons. The van der Waals surface area contributed by atoms with Crippen molar-refractivity contribution in [3.8, 4) is 0 Å². The van der Waals surface area contributed by atoms with Crippen LogP contribution in [0.15, 0.2) is 0 Å². The Bertz CT molecular complexity index is 468. The van der Waals surface area contributed by atoms with E-state index in [2.05, 4.69) is 6.92 Å². The Morgan fingerprint density at radius 3 is 2.15 bits per heavy atom. The molecule has 26 heavy (non-hydrogen) atoms. The molecule has 2 atom stereocenters. The third-order valence-electron chi connectivity index (χ3n) is 5.76. The molecule has 0 aliphatic carbocycles. The summed E-state index contributed by atoms with van der Waals surface area (Å²) < 4.78 is 17.1. The number of unbranched alkanes of at least 4 members (excludes halogenated alkanes) is 5. The van der Waals surface area contributed by atoms with Crippen LogP contribution < -0.4 is 5.54 Å². The number of hydrogen-bond donors (Lipinski definition) is 2. The average Bonchev–Trinajstić information content (AvgIpc) is 2.88. The molecule has 1 fully saturated rings. The van der Waals surface area contributed by atoms with Crippen molar-refractivity contribution in [2.45, 2.75) is 65.2 Å². The van der Waals surface area contributed by atoms with E-state index in [1.54, 1.807) is 0 Å². The van der Waals surface area contributed by atoms with Crippen LogP contribution in [0.1, 0.15) is 65.2 Å². The number of nitrogens with one attached hydrogen (secondary N) is 1. The minimum Gasteiger partial charge on any atom is -0.396 e. The monoisotopic (exact) mass is 486 g/mol. The fourth-order valence-corrected chi connectivity index (χ4v) is 4.20. The average molecular weight is 486 g/mol. The van der Waals surface area contributed by atoms with Crippen molar-refractivity contribution in [1.29, 1.82) is 0 Å². The molecule has 152 valence electrons. The summed E-state index contributed by atoms with van der Waals surface area (Å²) in [6, 6.07) is 0. The highest BCUT2D eigenvalue weighted by atomic mass is 127. The summed E-state index contributed by atoms with van der Waals surface area (Å²) in [6.45, 7) is 5.80. The van der Waals surface area contributed by atoms with Gasteiger partial charge in [-0.3, -0.25) is 9.59 Å². The molecule has 6 nitrogen and oxygen atoms in total. The Hall–Kier alpha value is -0.480. The topological polar surface area (TPSA) is 78.9 Å². The zero-order valence-electron chi connectivity index (χ0n) is 15.9. The number of rotatable bonds is 12. The van der Waals surface area contributed by atoms with E-state index in [1.165, 1.54) is 0 Å². The zero-order valence-corrected chi connectivity index (χ0v) is 18.0. The van der Waals surface area contributed by atoms with Gasteiger partial charge in [-0.05, 0) is 12.8 Å². The molecular weight excluding hydrogens is 454 g/mol. The van der Waals surface area contributed by atoms with Crippen molar-refractivity contribution < 1.29 is 22.2 Å². The van der Waals surface area contributed by atoms with Gasteiger partial charge in [-0.25, -0.2) is 0 Å². The molecule has 1 rings (SSSR count). The van der Waals surface area contributed by atoms with Gasteiger partial charge in [0.15, 0.2) is 0 Å². The van der Waals surface area contributed by atoms with Gasteiger partial charge in [-0.15, -0.1) is 4.48 Å². The smallest absolute Gasteiger partial charge is 0.247 e. The first-order valence-electron chi connectivity index (χ1n) is 9.33. The van der Waals surface area contributed by atoms with Gasteiger partial charge in [0.1, 0.15) is 23.0 Å². The van der Waals surface area contributed by atoms with Gasteiger partial charge in [-0.1, -0.05) is 39.5 Å². The number of carbonyl (C=O) groups is 2. The highest BCUT2D eigenvalue weighted by Gasteiger charge is 2.52. The highest BCUT2D eigenvalue weighted by Crippen LogP contribution is 2.46. The number of nitrogens with zero attached hydrogens (tertiary/aromatic N) is 1. The number of halogens is 2. The maximum atomic E-state index is 12.5. The van der Waals surface area contributed by atoms with E-state index >= 15 is 0 Å². The lowest BCUT2D eigenvalue weighted by Gasteiger charge is -2.37.